The van der Waals surface area contributed by atoms with Crippen LogP contribution >= 0.6 is 23.2 Å². The molecule has 0 spiro atoms. The normalized spacial score (nSPS) is 12.0. The molecule has 0 aliphatic heterocycles. The second-order valence-corrected chi connectivity index (χ2v) is 7.70. The molecule has 30 heavy (non-hydrogen) atoms. The fraction of sp³-hybridized carbons (Fsp3) is 0.130. The summed E-state index contributed by atoms with van der Waals surface area (Å²) < 4.78 is 8.95. The molecule has 0 N–H and O–H groups in total. The van der Waals surface area contributed by atoms with Crippen molar-refractivity contribution in [2.75, 3.05) is 0 Å². The van der Waals surface area contributed by atoms with Gasteiger partial charge in [-0.1, -0.05) is 59.6 Å². The zero-order valence-corrected chi connectivity index (χ0v) is 17.9. The van der Waals surface area contributed by atoms with Gasteiger partial charge in [-0.05, 0) is 49.2 Å². The average molecular weight is 440 g/mol. The highest BCUT2D eigenvalue weighted by atomic mass is 35.5. The van der Waals surface area contributed by atoms with Crippen molar-refractivity contribution in [1.29, 1.82) is 0 Å². The number of aromatic nitrogens is 3. The first-order valence-corrected chi connectivity index (χ1v) is 10.2. The number of ether oxygens (including phenoxy) is 1. The van der Waals surface area contributed by atoms with E-state index in [1.165, 1.54) is 4.57 Å². The molecule has 0 amide bonds. The number of aryl methyl sites for hydroxylation is 1. The molecule has 0 aliphatic rings. The standard InChI is InChI=1S/C23H19Cl2N3O2/c1-15-21(17-8-4-3-5-9-17)22(30-23(29)27-12-6-7-13-27)28(26-15)16(2)18-10-11-19(24)20(25)14-18/h3-14,16H,1-2H3. The van der Waals surface area contributed by atoms with E-state index in [0.717, 1.165) is 22.4 Å². The van der Waals surface area contributed by atoms with Crippen LogP contribution in [0.3, 0.4) is 0 Å². The van der Waals surface area contributed by atoms with E-state index in [-0.39, 0.29) is 6.04 Å². The van der Waals surface area contributed by atoms with Gasteiger partial charge in [0.05, 0.1) is 27.3 Å². The predicted octanol–water partition coefficient (Wildman–Crippen LogP) is 6.62. The monoisotopic (exact) mass is 439 g/mol. The molecule has 1 unspecified atom stereocenters. The summed E-state index contributed by atoms with van der Waals surface area (Å²) in [5, 5.41) is 5.64. The van der Waals surface area contributed by atoms with Gasteiger partial charge in [0.15, 0.2) is 0 Å². The zero-order chi connectivity index (χ0) is 21.3. The Hall–Kier alpha value is -3.02. The van der Waals surface area contributed by atoms with Gasteiger partial charge in [0.2, 0.25) is 5.88 Å². The van der Waals surface area contributed by atoms with Crippen LogP contribution in [0.2, 0.25) is 10.0 Å². The van der Waals surface area contributed by atoms with Crippen molar-refractivity contribution in [2.45, 2.75) is 19.9 Å². The van der Waals surface area contributed by atoms with Crippen LogP contribution in [0, 0.1) is 6.92 Å². The summed E-state index contributed by atoms with van der Waals surface area (Å²) in [5.74, 6) is 0.371. The maximum atomic E-state index is 12.7. The molecule has 7 heteroatoms. The first kappa shape index (κ1) is 20.3. The number of rotatable bonds is 4. The van der Waals surface area contributed by atoms with Crippen LogP contribution in [0.15, 0.2) is 73.1 Å². The van der Waals surface area contributed by atoms with E-state index in [0.29, 0.717) is 15.9 Å². The lowest BCUT2D eigenvalue weighted by Crippen LogP contribution is -2.19. The van der Waals surface area contributed by atoms with Gasteiger partial charge in [0, 0.05) is 12.4 Å². The van der Waals surface area contributed by atoms with Crippen LogP contribution in [0.4, 0.5) is 4.79 Å². The zero-order valence-electron chi connectivity index (χ0n) is 16.4. The third kappa shape index (κ3) is 3.86. The Morgan fingerprint density at radius 2 is 1.70 bits per heavy atom. The number of hydrogen-bond acceptors (Lipinski definition) is 3. The summed E-state index contributed by atoms with van der Waals surface area (Å²) >= 11 is 12.3. The highest BCUT2D eigenvalue weighted by molar-refractivity contribution is 6.42. The van der Waals surface area contributed by atoms with Crippen molar-refractivity contribution in [3.63, 3.8) is 0 Å². The summed E-state index contributed by atoms with van der Waals surface area (Å²) in [6.07, 6.45) is 2.76. The van der Waals surface area contributed by atoms with E-state index in [9.17, 15) is 4.79 Å². The predicted molar refractivity (Wildman–Crippen MR) is 119 cm³/mol. The van der Waals surface area contributed by atoms with Gasteiger partial charge in [0.25, 0.3) is 0 Å². The minimum atomic E-state index is -0.514. The van der Waals surface area contributed by atoms with Gasteiger partial charge in [-0.15, -0.1) is 0 Å². The van der Waals surface area contributed by atoms with Crippen LogP contribution < -0.4 is 4.74 Å². The molecule has 2 aromatic carbocycles. The van der Waals surface area contributed by atoms with Gasteiger partial charge in [-0.2, -0.15) is 5.10 Å². The van der Waals surface area contributed by atoms with Gasteiger partial charge in [-0.3, -0.25) is 4.57 Å². The molecule has 1 atom stereocenters. The minimum Gasteiger partial charge on any atom is -0.390 e. The number of benzene rings is 2. The summed E-state index contributed by atoms with van der Waals surface area (Å²) in [4.78, 5) is 12.7. The lowest BCUT2D eigenvalue weighted by atomic mass is 10.1. The smallest absolute Gasteiger partial charge is 0.390 e. The largest absolute Gasteiger partial charge is 0.424 e. The number of carbonyl (C=O) groups excluding carboxylic acids is 1. The summed E-state index contributed by atoms with van der Waals surface area (Å²) in [6, 6.07) is 18.4. The van der Waals surface area contributed by atoms with Gasteiger partial charge in [0.1, 0.15) is 0 Å². The lowest BCUT2D eigenvalue weighted by molar-refractivity contribution is 0.197. The van der Waals surface area contributed by atoms with Crippen LogP contribution in [0.1, 0.15) is 24.2 Å². The van der Waals surface area contributed by atoms with Crippen LogP contribution in [-0.4, -0.2) is 20.4 Å². The molecule has 0 aliphatic carbocycles. The van der Waals surface area contributed by atoms with E-state index < -0.39 is 6.09 Å². The Kier molecular flexibility index (Phi) is 5.66. The molecule has 0 saturated heterocycles. The quantitative estimate of drug-likeness (QED) is 0.358. The lowest BCUT2D eigenvalue weighted by Gasteiger charge is -2.17. The van der Waals surface area contributed by atoms with E-state index in [1.807, 2.05) is 50.2 Å². The van der Waals surface area contributed by atoms with E-state index >= 15 is 0 Å². The molecule has 0 fully saturated rings. The van der Waals surface area contributed by atoms with Crippen molar-refractivity contribution in [3.8, 4) is 17.0 Å². The molecule has 2 aromatic heterocycles. The highest BCUT2D eigenvalue weighted by Gasteiger charge is 2.25. The number of carbonyl (C=O) groups is 1. The molecule has 2 heterocycles. The SMILES string of the molecule is Cc1nn(C(C)c2ccc(Cl)c(Cl)c2)c(OC(=O)n2cccc2)c1-c1ccccc1. The van der Waals surface area contributed by atoms with Crippen molar-refractivity contribution in [3.05, 3.63) is 94.4 Å². The van der Waals surface area contributed by atoms with Gasteiger partial charge in [-0.25, -0.2) is 9.48 Å². The number of hydrogen-bond donors (Lipinski definition) is 0. The first-order valence-electron chi connectivity index (χ1n) is 9.40. The molecule has 152 valence electrons. The Balaban J connectivity index is 1.83. The Bertz CT molecular complexity index is 1180. The first-order chi connectivity index (χ1) is 14.5. The third-order valence-electron chi connectivity index (χ3n) is 4.90. The van der Waals surface area contributed by atoms with Crippen molar-refractivity contribution in [1.82, 2.24) is 14.3 Å². The fourth-order valence-corrected chi connectivity index (χ4v) is 3.64. The van der Waals surface area contributed by atoms with E-state index in [2.05, 4.69) is 0 Å². The van der Waals surface area contributed by atoms with Crippen molar-refractivity contribution in [2.24, 2.45) is 0 Å². The topological polar surface area (TPSA) is 49.1 Å². The molecule has 0 radical (unpaired) electrons. The Labute approximate surface area is 184 Å². The second-order valence-electron chi connectivity index (χ2n) is 6.88. The minimum absolute atomic E-state index is 0.247. The average Bonchev–Trinajstić information content (AvgIpc) is 3.39. The maximum Gasteiger partial charge on any atom is 0.424 e. The fourth-order valence-electron chi connectivity index (χ4n) is 3.33. The van der Waals surface area contributed by atoms with Crippen LogP contribution in [0.5, 0.6) is 5.88 Å². The second kappa shape index (κ2) is 8.38. The summed E-state index contributed by atoms with van der Waals surface area (Å²) in [7, 11) is 0. The molecular weight excluding hydrogens is 421 g/mol. The van der Waals surface area contributed by atoms with Crippen molar-refractivity contribution >= 4 is 29.3 Å². The summed E-state index contributed by atoms with van der Waals surface area (Å²) in [6.45, 7) is 3.86. The Morgan fingerprint density at radius 1 is 1.00 bits per heavy atom. The number of nitrogens with zero attached hydrogens (tertiary/aromatic N) is 3. The molecular formula is C23H19Cl2N3O2. The molecule has 0 bridgehead atoms. The van der Waals surface area contributed by atoms with Gasteiger partial charge < -0.3 is 4.74 Å². The van der Waals surface area contributed by atoms with E-state index in [4.69, 9.17) is 33.0 Å². The summed E-state index contributed by atoms with van der Waals surface area (Å²) in [5.41, 5.74) is 3.33. The molecule has 4 aromatic rings. The molecule has 5 nitrogen and oxygen atoms in total. The third-order valence-corrected chi connectivity index (χ3v) is 5.64. The van der Waals surface area contributed by atoms with Crippen LogP contribution in [-0.2, 0) is 0 Å². The van der Waals surface area contributed by atoms with Crippen molar-refractivity contribution < 1.29 is 9.53 Å². The van der Waals surface area contributed by atoms with Gasteiger partial charge >= 0.3 is 6.09 Å². The Morgan fingerprint density at radius 3 is 2.37 bits per heavy atom. The molecule has 4 rings (SSSR count). The highest BCUT2D eigenvalue weighted by Crippen LogP contribution is 2.37. The molecule has 0 saturated carbocycles. The van der Waals surface area contributed by atoms with E-state index in [1.54, 1.807) is 41.3 Å². The maximum absolute atomic E-state index is 12.7. The number of halogens is 2. The van der Waals surface area contributed by atoms with Crippen LogP contribution in [0.25, 0.3) is 11.1 Å².